The highest BCUT2D eigenvalue weighted by molar-refractivity contribution is 5.92. The largest absolute Gasteiger partial charge is 0.374 e. The maximum atomic E-state index is 6.01. The number of anilines is 1. The van der Waals surface area contributed by atoms with Crippen LogP contribution in [-0.2, 0) is 4.74 Å². The van der Waals surface area contributed by atoms with Gasteiger partial charge in [0.05, 0.1) is 19.3 Å². The van der Waals surface area contributed by atoms with Crippen LogP contribution in [0.25, 0.3) is 0 Å². The third-order valence-corrected chi connectivity index (χ3v) is 3.81. The predicted molar refractivity (Wildman–Crippen MR) is 97.0 cm³/mol. The molecule has 1 aliphatic rings. The van der Waals surface area contributed by atoms with E-state index in [1.54, 1.807) is 0 Å². The number of nitrogens with two attached hydrogens (primary N) is 1. The maximum Gasteiger partial charge on any atom is 0.193 e. The Kier molecular flexibility index (Phi) is 6.42. The maximum absolute atomic E-state index is 6.01. The molecule has 1 unspecified atom stereocenters. The van der Waals surface area contributed by atoms with Crippen LogP contribution in [0.5, 0.6) is 0 Å². The molecule has 1 aliphatic heterocycles. The van der Waals surface area contributed by atoms with Crippen LogP contribution in [0.2, 0.25) is 0 Å². The Morgan fingerprint density at radius 1 is 1.35 bits per heavy atom. The number of aliphatic imine (C=N–C) groups is 1. The molecule has 1 heterocycles. The van der Waals surface area contributed by atoms with E-state index in [4.69, 9.17) is 10.5 Å². The summed E-state index contributed by atoms with van der Waals surface area (Å²) in [6.07, 6.45) is 0.127. The lowest BCUT2D eigenvalue weighted by Gasteiger charge is -2.33. The molecule has 23 heavy (non-hydrogen) atoms. The highest BCUT2D eigenvalue weighted by Gasteiger charge is 2.20. The molecule has 2 rings (SSSR count). The SMILES string of the molecule is Cc1cc(C)cc(NC(N)=NCC2CN(CC(C)C)CCO2)c1. The van der Waals surface area contributed by atoms with E-state index >= 15 is 0 Å². The number of nitrogens with zero attached hydrogens (tertiary/aromatic N) is 2. The van der Waals surface area contributed by atoms with Gasteiger partial charge in [-0.25, -0.2) is 0 Å². The van der Waals surface area contributed by atoms with Crippen LogP contribution in [0.4, 0.5) is 5.69 Å². The van der Waals surface area contributed by atoms with Crippen LogP contribution in [-0.4, -0.2) is 49.7 Å². The first-order chi connectivity index (χ1) is 10.9. The monoisotopic (exact) mass is 318 g/mol. The van der Waals surface area contributed by atoms with Crippen molar-refractivity contribution in [3.05, 3.63) is 29.3 Å². The van der Waals surface area contributed by atoms with Crippen LogP contribution in [0, 0.1) is 19.8 Å². The molecular formula is C18H30N4O. The molecule has 0 spiro atoms. The van der Waals surface area contributed by atoms with Crippen molar-refractivity contribution in [3.8, 4) is 0 Å². The molecule has 128 valence electrons. The minimum Gasteiger partial charge on any atom is -0.374 e. The van der Waals surface area contributed by atoms with Crippen molar-refractivity contribution in [2.24, 2.45) is 16.6 Å². The molecule has 1 aromatic rings. The summed E-state index contributed by atoms with van der Waals surface area (Å²) in [5.41, 5.74) is 9.41. The summed E-state index contributed by atoms with van der Waals surface area (Å²) in [5.74, 6) is 1.12. The lowest BCUT2D eigenvalue weighted by Crippen LogP contribution is -2.45. The molecule has 0 bridgehead atoms. The summed E-state index contributed by atoms with van der Waals surface area (Å²) in [5, 5.41) is 3.17. The average Bonchev–Trinajstić information content (AvgIpc) is 2.43. The smallest absolute Gasteiger partial charge is 0.193 e. The molecule has 5 nitrogen and oxygen atoms in total. The Morgan fingerprint density at radius 2 is 2.04 bits per heavy atom. The van der Waals surface area contributed by atoms with Crippen molar-refractivity contribution >= 4 is 11.6 Å². The summed E-state index contributed by atoms with van der Waals surface area (Å²) in [6.45, 7) is 13.1. The number of aryl methyl sites for hydroxylation is 2. The summed E-state index contributed by atoms with van der Waals surface area (Å²) in [6, 6.07) is 6.27. The highest BCUT2D eigenvalue weighted by Crippen LogP contribution is 2.13. The van der Waals surface area contributed by atoms with Crippen LogP contribution in [0.15, 0.2) is 23.2 Å². The second-order valence-corrected chi connectivity index (χ2v) is 6.87. The van der Waals surface area contributed by atoms with Crippen molar-refractivity contribution < 1.29 is 4.74 Å². The van der Waals surface area contributed by atoms with Gasteiger partial charge in [0, 0.05) is 25.3 Å². The number of morpholine rings is 1. The third-order valence-electron chi connectivity index (χ3n) is 3.81. The van der Waals surface area contributed by atoms with E-state index in [1.165, 1.54) is 11.1 Å². The average molecular weight is 318 g/mol. The molecule has 3 N–H and O–H groups in total. The Hall–Kier alpha value is -1.59. The third kappa shape index (κ3) is 6.20. The zero-order chi connectivity index (χ0) is 16.8. The number of ether oxygens (including phenoxy) is 1. The van der Waals surface area contributed by atoms with Gasteiger partial charge in [-0.1, -0.05) is 19.9 Å². The highest BCUT2D eigenvalue weighted by atomic mass is 16.5. The van der Waals surface area contributed by atoms with Gasteiger partial charge >= 0.3 is 0 Å². The Morgan fingerprint density at radius 3 is 2.70 bits per heavy atom. The van der Waals surface area contributed by atoms with Crippen molar-refractivity contribution in [2.75, 3.05) is 38.1 Å². The second kappa shape index (κ2) is 8.31. The summed E-state index contributed by atoms with van der Waals surface area (Å²) in [4.78, 5) is 6.89. The van der Waals surface area contributed by atoms with Gasteiger partial charge in [0.15, 0.2) is 5.96 Å². The molecule has 1 saturated heterocycles. The molecule has 0 saturated carbocycles. The van der Waals surface area contributed by atoms with Crippen LogP contribution >= 0.6 is 0 Å². The predicted octanol–water partition coefficient (Wildman–Crippen LogP) is 2.39. The lowest BCUT2D eigenvalue weighted by molar-refractivity contribution is -0.0261. The van der Waals surface area contributed by atoms with Gasteiger partial charge in [-0.05, 0) is 43.0 Å². The fourth-order valence-electron chi connectivity index (χ4n) is 3.01. The fourth-order valence-corrected chi connectivity index (χ4v) is 3.01. The second-order valence-electron chi connectivity index (χ2n) is 6.87. The lowest BCUT2D eigenvalue weighted by atomic mass is 10.1. The number of benzene rings is 1. The Labute approximate surface area is 139 Å². The van der Waals surface area contributed by atoms with E-state index in [0.29, 0.717) is 18.4 Å². The molecule has 1 fully saturated rings. The van der Waals surface area contributed by atoms with Crippen molar-refractivity contribution in [2.45, 2.75) is 33.8 Å². The summed E-state index contributed by atoms with van der Waals surface area (Å²) >= 11 is 0. The number of hydrogen-bond donors (Lipinski definition) is 2. The number of nitrogens with one attached hydrogen (secondary N) is 1. The van der Waals surface area contributed by atoms with E-state index < -0.39 is 0 Å². The van der Waals surface area contributed by atoms with E-state index in [-0.39, 0.29) is 6.10 Å². The van der Waals surface area contributed by atoms with Gasteiger partial charge in [-0.3, -0.25) is 9.89 Å². The first kappa shape index (κ1) is 17.8. The quantitative estimate of drug-likeness (QED) is 0.646. The molecule has 0 aliphatic carbocycles. The van der Waals surface area contributed by atoms with Crippen molar-refractivity contribution in [1.29, 1.82) is 0 Å². The molecule has 1 aromatic carbocycles. The van der Waals surface area contributed by atoms with Gasteiger partial charge < -0.3 is 15.8 Å². The minimum absolute atomic E-state index is 0.127. The van der Waals surface area contributed by atoms with Crippen LogP contribution in [0.1, 0.15) is 25.0 Å². The Balaban J connectivity index is 1.86. The minimum atomic E-state index is 0.127. The topological polar surface area (TPSA) is 62.9 Å². The van der Waals surface area contributed by atoms with Crippen LogP contribution in [0.3, 0.4) is 0 Å². The van der Waals surface area contributed by atoms with Crippen LogP contribution < -0.4 is 11.1 Å². The number of hydrogen-bond acceptors (Lipinski definition) is 3. The van der Waals surface area contributed by atoms with Gasteiger partial charge in [0.25, 0.3) is 0 Å². The van der Waals surface area contributed by atoms with E-state index in [9.17, 15) is 0 Å². The van der Waals surface area contributed by atoms with Gasteiger partial charge in [0.1, 0.15) is 0 Å². The normalized spacial score (nSPS) is 20.0. The van der Waals surface area contributed by atoms with E-state index in [1.807, 2.05) is 0 Å². The molecular weight excluding hydrogens is 288 g/mol. The van der Waals surface area contributed by atoms with Gasteiger partial charge in [-0.2, -0.15) is 0 Å². The first-order valence-corrected chi connectivity index (χ1v) is 8.41. The summed E-state index contributed by atoms with van der Waals surface area (Å²) < 4.78 is 5.80. The zero-order valence-corrected chi connectivity index (χ0v) is 14.8. The van der Waals surface area contributed by atoms with E-state index in [0.717, 1.165) is 31.9 Å². The molecule has 0 amide bonds. The van der Waals surface area contributed by atoms with Crippen molar-refractivity contribution in [1.82, 2.24) is 4.90 Å². The van der Waals surface area contributed by atoms with E-state index in [2.05, 4.69) is 61.1 Å². The Bertz CT molecular complexity index is 522. The number of guanidine groups is 1. The van der Waals surface area contributed by atoms with Gasteiger partial charge in [0.2, 0.25) is 0 Å². The molecule has 0 radical (unpaired) electrons. The molecule has 5 heteroatoms. The number of rotatable bonds is 5. The standard InChI is InChI=1S/C18H30N4O/c1-13(2)11-22-5-6-23-17(12-22)10-20-18(19)21-16-8-14(3)7-15(4)9-16/h7-9,13,17H,5-6,10-12H2,1-4H3,(H3,19,20,21). The van der Waals surface area contributed by atoms with Gasteiger partial charge in [-0.15, -0.1) is 0 Å². The zero-order valence-electron chi connectivity index (χ0n) is 14.8. The first-order valence-electron chi connectivity index (χ1n) is 8.41. The van der Waals surface area contributed by atoms with Crippen molar-refractivity contribution in [3.63, 3.8) is 0 Å². The molecule has 1 atom stereocenters. The summed E-state index contributed by atoms with van der Waals surface area (Å²) in [7, 11) is 0. The fraction of sp³-hybridized carbons (Fsp3) is 0.611. The molecule has 0 aromatic heterocycles.